The Balaban J connectivity index is 1.99. The van der Waals surface area contributed by atoms with Crippen LogP contribution in [0.4, 0.5) is 0 Å². The summed E-state index contributed by atoms with van der Waals surface area (Å²) >= 11 is 0. The van der Waals surface area contributed by atoms with Crippen molar-refractivity contribution in [3.05, 3.63) is 70.8 Å². The van der Waals surface area contributed by atoms with Crippen LogP contribution in [0.1, 0.15) is 22.3 Å². The Morgan fingerprint density at radius 2 is 1.14 bits per heavy atom. The minimum absolute atomic E-state index is 1.21. The number of benzene rings is 4. The third-order valence-electron chi connectivity index (χ3n) is 6.58. The molecule has 6 rings (SSSR count). The molecule has 2 nitrogen and oxygen atoms in total. The maximum Gasteiger partial charge on any atom is 0.0497 e. The zero-order valence-electron chi connectivity index (χ0n) is 16.6. The molecule has 0 aliphatic heterocycles. The fourth-order valence-electron chi connectivity index (χ4n) is 4.91. The molecule has 0 saturated carbocycles. The van der Waals surface area contributed by atoms with E-state index in [1.807, 2.05) is 0 Å². The third-order valence-corrected chi connectivity index (χ3v) is 6.58. The number of rotatable bonds is 0. The van der Waals surface area contributed by atoms with Crippen LogP contribution in [0.15, 0.2) is 48.5 Å². The van der Waals surface area contributed by atoms with Gasteiger partial charge in [-0.15, -0.1) is 0 Å². The van der Waals surface area contributed by atoms with Gasteiger partial charge in [0.15, 0.2) is 0 Å². The van der Waals surface area contributed by atoms with E-state index in [0.717, 1.165) is 0 Å². The van der Waals surface area contributed by atoms with Crippen molar-refractivity contribution < 1.29 is 0 Å². The van der Waals surface area contributed by atoms with Crippen molar-refractivity contribution >= 4 is 54.4 Å². The molecule has 0 bridgehead atoms. The van der Waals surface area contributed by atoms with Gasteiger partial charge in [-0.2, -0.15) is 0 Å². The molecule has 0 radical (unpaired) electrons. The molecule has 0 aliphatic carbocycles. The predicted molar refractivity (Wildman–Crippen MR) is 122 cm³/mol. The van der Waals surface area contributed by atoms with Gasteiger partial charge in [-0.1, -0.05) is 36.4 Å². The highest BCUT2D eigenvalue weighted by molar-refractivity contribution is 6.32. The smallest absolute Gasteiger partial charge is 0.0497 e. The summed E-state index contributed by atoms with van der Waals surface area (Å²) in [4.78, 5) is 7.39. The lowest BCUT2D eigenvalue weighted by Crippen LogP contribution is -1.82. The minimum Gasteiger partial charge on any atom is -0.354 e. The molecule has 2 heteroatoms. The van der Waals surface area contributed by atoms with Crippen LogP contribution in [0, 0.1) is 27.7 Å². The number of aryl methyl sites for hydroxylation is 4. The highest BCUT2D eigenvalue weighted by atomic mass is 14.7. The van der Waals surface area contributed by atoms with Crippen molar-refractivity contribution in [3.63, 3.8) is 0 Å². The molecule has 0 atom stereocenters. The molecule has 0 fully saturated rings. The SMILES string of the molecule is Cc1ccc2c([nH]c3ccc4ccc5[nH]c6c(C)ccc(C)c6c5c4c32)c1C. The minimum atomic E-state index is 1.21. The van der Waals surface area contributed by atoms with E-state index >= 15 is 0 Å². The van der Waals surface area contributed by atoms with E-state index in [1.165, 1.54) is 76.6 Å². The highest BCUT2D eigenvalue weighted by Crippen LogP contribution is 2.41. The quantitative estimate of drug-likeness (QED) is 0.283. The Morgan fingerprint density at radius 3 is 1.93 bits per heavy atom. The van der Waals surface area contributed by atoms with Crippen molar-refractivity contribution in [3.8, 4) is 0 Å². The molecule has 6 aromatic rings. The second kappa shape index (κ2) is 5.17. The van der Waals surface area contributed by atoms with E-state index in [0.29, 0.717) is 0 Å². The molecule has 136 valence electrons. The third kappa shape index (κ3) is 1.83. The van der Waals surface area contributed by atoms with Crippen LogP contribution in [0.25, 0.3) is 54.4 Å². The second-order valence-electron chi connectivity index (χ2n) is 8.20. The number of hydrogen-bond donors (Lipinski definition) is 2. The molecule has 2 heterocycles. The Kier molecular flexibility index (Phi) is 2.91. The van der Waals surface area contributed by atoms with Gasteiger partial charge in [0.2, 0.25) is 0 Å². The van der Waals surface area contributed by atoms with Gasteiger partial charge in [0, 0.05) is 49.0 Å². The van der Waals surface area contributed by atoms with Gasteiger partial charge in [-0.25, -0.2) is 0 Å². The molecule has 28 heavy (non-hydrogen) atoms. The molecule has 4 aromatic carbocycles. The Morgan fingerprint density at radius 1 is 0.500 bits per heavy atom. The van der Waals surface area contributed by atoms with Gasteiger partial charge < -0.3 is 9.97 Å². The van der Waals surface area contributed by atoms with Crippen LogP contribution in [-0.2, 0) is 0 Å². The topological polar surface area (TPSA) is 31.6 Å². The predicted octanol–water partition coefficient (Wildman–Crippen LogP) is 7.34. The molecule has 2 N–H and O–H groups in total. The lowest BCUT2D eigenvalue weighted by atomic mass is 9.96. The Hall–Kier alpha value is -3.26. The van der Waals surface area contributed by atoms with Crippen molar-refractivity contribution in [1.82, 2.24) is 9.97 Å². The summed E-state index contributed by atoms with van der Waals surface area (Å²) in [5.74, 6) is 0. The van der Waals surface area contributed by atoms with E-state index < -0.39 is 0 Å². The zero-order chi connectivity index (χ0) is 19.2. The first-order chi connectivity index (χ1) is 13.5. The maximum absolute atomic E-state index is 3.70. The molecule has 0 amide bonds. The summed E-state index contributed by atoms with van der Waals surface area (Å²) in [6.07, 6.45) is 0. The van der Waals surface area contributed by atoms with Crippen molar-refractivity contribution in [2.45, 2.75) is 27.7 Å². The maximum atomic E-state index is 3.70. The van der Waals surface area contributed by atoms with Crippen LogP contribution in [0.3, 0.4) is 0 Å². The van der Waals surface area contributed by atoms with E-state index in [1.54, 1.807) is 0 Å². The van der Waals surface area contributed by atoms with Crippen molar-refractivity contribution in [2.75, 3.05) is 0 Å². The van der Waals surface area contributed by atoms with Gasteiger partial charge in [-0.05, 0) is 67.5 Å². The Bertz CT molecular complexity index is 1590. The van der Waals surface area contributed by atoms with E-state index in [4.69, 9.17) is 0 Å². The number of H-pyrrole nitrogens is 2. The second-order valence-corrected chi connectivity index (χ2v) is 8.20. The van der Waals surface area contributed by atoms with Crippen molar-refractivity contribution in [2.24, 2.45) is 0 Å². The number of fused-ring (bicyclic) bond motifs is 9. The Labute approximate surface area is 163 Å². The van der Waals surface area contributed by atoms with Gasteiger partial charge in [0.1, 0.15) is 0 Å². The zero-order valence-corrected chi connectivity index (χ0v) is 16.6. The van der Waals surface area contributed by atoms with E-state index in [9.17, 15) is 0 Å². The fraction of sp³-hybridized carbons (Fsp3) is 0.154. The molecule has 2 aromatic heterocycles. The molecule has 0 aliphatic rings. The van der Waals surface area contributed by atoms with Gasteiger partial charge in [-0.3, -0.25) is 0 Å². The van der Waals surface area contributed by atoms with E-state index in [-0.39, 0.29) is 0 Å². The monoisotopic (exact) mass is 362 g/mol. The molecule has 0 saturated heterocycles. The van der Waals surface area contributed by atoms with Gasteiger partial charge in [0.25, 0.3) is 0 Å². The van der Waals surface area contributed by atoms with Crippen LogP contribution in [0.2, 0.25) is 0 Å². The molecular formula is C26H22N2. The summed E-state index contributed by atoms with van der Waals surface area (Å²) in [6, 6.07) is 17.9. The van der Waals surface area contributed by atoms with Crippen LogP contribution in [-0.4, -0.2) is 9.97 Å². The number of nitrogens with one attached hydrogen (secondary N) is 2. The highest BCUT2D eigenvalue weighted by Gasteiger charge is 2.17. The van der Waals surface area contributed by atoms with Gasteiger partial charge in [0.05, 0.1) is 0 Å². The normalized spacial score (nSPS) is 12.3. The van der Waals surface area contributed by atoms with Crippen molar-refractivity contribution in [1.29, 1.82) is 0 Å². The fourth-order valence-corrected chi connectivity index (χ4v) is 4.91. The summed E-state index contributed by atoms with van der Waals surface area (Å²) < 4.78 is 0. The first kappa shape index (κ1) is 15.8. The summed E-state index contributed by atoms with van der Waals surface area (Å²) in [7, 11) is 0. The van der Waals surface area contributed by atoms with Gasteiger partial charge >= 0.3 is 0 Å². The van der Waals surface area contributed by atoms with E-state index in [2.05, 4.69) is 86.2 Å². The number of hydrogen-bond acceptors (Lipinski definition) is 0. The number of aromatic amines is 2. The first-order valence-electron chi connectivity index (χ1n) is 9.89. The lowest BCUT2D eigenvalue weighted by Gasteiger charge is -2.06. The average Bonchev–Trinajstić information content (AvgIpc) is 3.27. The summed E-state index contributed by atoms with van der Waals surface area (Å²) in [6.45, 7) is 8.80. The first-order valence-corrected chi connectivity index (χ1v) is 9.89. The van der Waals surface area contributed by atoms with Crippen LogP contribution >= 0.6 is 0 Å². The van der Waals surface area contributed by atoms with Crippen LogP contribution in [0.5, 0.6) is 0 Å². The average molecular weight is 362 g/mol. The molecular weight excluding hydrogens is 340 g/mol. The molecule has 0 unspecified atom stereocenters. The lowest BCUT2D eigenvalue weighted by molar-refractivity contribution is 1.35. The molecule has 0 spiro atoms. The largest absolute Gasteiger partial charge is 0.354 e. The number of aromatic nitrogens is 2. The summed E-state index contributed by atoms with van der Waals surface area (Å²) in [5.41, 5.74) is 10.2. The van der Waals surface area contributed by atoms with Crippen LogP contribution < -0.4 is 0 Å². The summed E-state index contributed by atoms with van der Waals surface area (Å²) in [5, 5.41) is 7.99. The standard InChI is InChI=1S/C26H22N2/c1-13-7-10-18-23-19(28-26(18)16(13)4)11-8-17-9-12-20-24(22(17)23)21-14(2)5-6-15(3)25(21)27-20/h5-12,27-28H,1-4H3.